The second-order valence-corrected chi connectivity index (χ2v) is 6.99. The largest absolute Gasteiger partial charge is 0.451 e. The van der Waals surface area contributed by atoms with Gasteiger partial charge in [0, 0.05) is 12.1 Å². The van der Waals surface area contributed by atoms with Crippen molar-refractivity contribution in [2.45, 2.75) is 46.1 Å². The van der Waals surface area contributed by atoms with Crippen LogP contribution in [-0.2, 0) is 19.7 Å². The van der Waals surface area contributed by atoms with Crippen LogP contribution in [0.3, 0.4) is 0 Å². The monoisotopic (exact) mass is 377 g/mol. The number of hydrogen-bond donors (Lipinski definition) is 3. The van der Waals surface area contributed by atoms with Crippen LogP contribution in [0.15, 0.2) is 24.3 Å². The third-order valence-electron chi connectivity index (χ3n) is 3.66. The van der Waals surface area contributed by atoms with Crippen LogP contribution in [0.25, 0.3) is 0 Å². The predicted octanol–water partition coefficient (Wildman–Crippen LogP) is 1.49. The molecule has 1 aromatic rings. The Morgan fingerprint density at radius 2 is 1.63 bits per heavy atom. The summed E-state index contributed by atoms with van der Waals surface area (Å²) in [6, 6.07) is 6.42. The lowest BCUT2D eigenvalue weighted by Gasteiger charge is -2.19. The molecular weight excluding hydrogens is 350 g/mol. The van der Waals surface area contributed by atoms with Crippen molar-refractivity contribution in [3.05, 3.63) is 35.4 Å². The molecule has 0 spiro atoms. The van der Waals surface area contributed by atoms with E-state index in [0.29, 0.717) is 12.1 Å². The molecule has 0 aliphatic rings. The third kappa shape index (κ3) is 7.47. The Bertz CT molecular complexity index is 692. The molecule has 1 rings (SSSR count). The number of amides is 4. The van der Waals surface area contributed by atoms with E-state index in [0.717, 1.165) is 5.56 Å². The number of esters is 1. The van der Waals surface area contributed by atoms with Crippen LogP contribution in [-0.4, -0.2) is 43.0 Å². The molecule has 4 amide bonds. The lowest BCUT2D eigenvalue weighted by molar-refractivity contribution is -0.153. The quantitative estimate of drug-likeness (QED) is 0.650. The van der Waals surface area contributed by atoms with Crippen molar-refractivity contribution in [3.8, 4) is 0 Å². The van der Waals surface area contributed by atoms with Crippen LogP contribution in [0.1, 0.15) is 50.5 Å². The lowest BCUT2D eigenvalue weighted by atomic mass is 9.87. The van der Waals surface area contributed by atoms with Gasteiger partial charge >= 0.3 is 12.0 Å². The highest BCUT2D eigenvalue weighted by Gasteiger charge is 2.20. The van der Waals surface area contributed by atoms with Gasteiger partial charge in [-0.2, -0.15) is 0 Å². The maximum Gasteiger partial charge on any atom is 0.326 e. The first-order valence-corrected chi connectivity index (χ1v) is 8.71. The molecule has 27 heavy (non-hydrogen) atoms. The van der Waals surface area contributed by atoms with Crippen molar-refractivity contribution in [2.24, 2.45) is 0 Å². The summed E-state index contributed by atoms with van der Waals surface area (Å²) in [5.74, 6) is -1.96. The van der Waals surface area contributed by atoms with Gasteiger partial charge < -0.3 is 15.4 Å². The Hall–Kier alpha value is -2.90. The number of ether oxygens (including phenoxy) is 1. The highest BCUT2D eigenvalue weighted by molar-refractivity contribution is 5.98. The summed E-state index contributed by atoms with van der Waals surface area (Å²) in [7, 11) is 0. The Balaban J connectivity index is 2.48. The van der Waals surface area contributed by atoms with E-state index in [1.165, 1.54) is 6.92 Å². The van der Waals surface area contributed by atoms with Gasteiger partial charge in [0.1, 0.15) is 6.54 Å². The topological polar surface area (TPSA) is 114 Å². The molecule has 0 fully saturated rings. The second kappa shape index (κ2) is 9.70. The molecule has 0 aliphatic carbocycles. The van der Waals surface area contributed by atoms with Crippen LogP contribution in [0.4, 0.5) is 4.79 Å². The molecule has 0 radical (unpaired) electrons. The zero-order valence-electron chi connectivity index (χ0n) is 16.3. The van der Waals surface area contributed by atoms with E-state index >= 15 is 0 Å². The summed E-state index contributed by atoms with van der Waals surface area (Å²) in [5.41, 5.74) is 1.48. The van der Waals surface area contributed by atoms with Crippen LogP contribution in [0.5, 0.6) is 0 Å². The molecule has 8 heteroatoms. The molecule has 0 bridgehead atoms. The molecule has 8 nitrogen and oxygen atoms in total. The number of carbonyl (C=O) groups excluding carboxylic acids is 4. The summed E-state index contributed by atoms with van der Waals surface area (Å²) >= 11 is 0. The van der Waals surface area contributed by atoms with E-state index in [4.69, 9.17) is 4.74 Å². The molecule has 0 aliphatic heterocycles. The number of imide groups is 1. The van der Waals surface area contributed by atoms with E-state index in [2.05, 4.69) is 31.4 Å². The average Bonchev–Trinajstić information content (AvgIpc) is 2.59. The molecule has 0 saturated heterocycles. The number of urea groups is 1. The third-order valence-corrected chi connectivity index (χ3v) is 3.66. The van der Waals surface area contributed by atoms with Gasteiger partial charge in [-0.15, -0.1) is 0 Å². The standard InChI is InChI=1S/C19H27N3O5/c1-6-20-18(26)22-16(24)12(2)27-15(23)11-21-17(25)13-7-9-14(10-8-13)19(3,4)5/h7-10,12H,6,11H2,1-5H3,(H,21,25)(H2,20,22,24,26). The first kappa shape index (κ1) is 22.1. The minimum atomic E-state index is -1.16. The molecule has 0 saturated carbocycles. The minimum Gasteiger partial charge on any atom is -0.451 e. The summed E-state index contributed by atoms with van der Waals surface area (Å²) in [6.07, 6.45) is -1.16. The SMILES string of the molecule is CCNC(=O)NC(=O)C(C)OC(=O)CNC(=O)c1ccc(C(C)(C)C)cc1. The Morgan fingerprint density at radius 1 is 1.04 bits per heavy atom. The van der Waals surface area contributed by atoms with Crippen molar-refractivity contribution >= 4 is 23.8 Å². The predicted molar refractivity (Wildman–Crippen MR) is 100 cm³/mol. The number of rotatable bonds is 6. The van der Waals surface area contributed by atoms with Crippen molar-refractivity contribution in [2.75, 3.05) is 13.1 Å². The van der Waals surface area contributed by atoms with Gasteiger partial charge in [0.15, 0.2) is 6.10 Å². The van der Waals surface area contributed by atoms with Crippen molar-refractivity contribution < 1.29 is 23.9 Å². The molecule has 0 heterocycles. The van der Waals surface area contributed by atoms with Gasteiger partial charge in [0.25, 0.3) is 11.8 Å². The van der Waals surface area contributed by atoms with E-state index in [1.807, 2.05) is 17.4 Å². The maximum absolute atomic E-state index is 12.1. The lowest BCUT2D eigenvalue weighted by Crippen LogP contribution is -2.45. The zero-order valence-corrected chi connectivity index (χ0v) is 16.3. The van der Waals surface area contributed by atoms with E-state index in [1.54, 1.807) is 19.1 Å². The highest BCUT2D eigenvalue weighted by atomic mass is 16.5. The smallest absolute Gasteiger partial charge is 0.326 e. The maximum atomic E-state index is 12.1. The molecule has 1 atom stereocenters. The van der Waals surface area contributed by atoms with E-state index in [9.17, 15) is 19.2 Å². The molecule has 3 N–H and O–H groups in total. The molecule has 148 valence electrons. The molecule has 0 aromatic heterocycles. The second-order valence-electron chi connectivity index (χ2n) is 6.99. The number of nitrogens with one attached hydrogen (secondary N) is 3. The fraction of sp³-hybridized carbons (Fsp3) is 0.474. The van der Waals surface area contributed by atoms with E-state index < -0.39 is 36.5 Å². The van der Waals surface area contributed by atoms with Crippen molar-refractivity contribution in [1.29, 1.82) is 0 Å². The van der Waals surface area contributed by atoms with Crippen LogP contribution < -0.4 is 16.0 Å². The summed E-state index contributed by atoms with van der Waals surface area (Å²) in [4.78, 5) is 46.8. The summed E-state index contributed by atoms with van der Waals surface area (Å²) in [5, 5.41) is 6.87. The first-order valence-electron chi connectivity index (χ1n) is 8.71. The molecule has 1 unspecified atom stereocenters. The van der Waals surface area contributed by atoms with Gasteiger partial charge in [0.2, 0.25) is 0 Å². The van der Waals surface area contributed by atoms with Crippen LogP contribution in [0.2, 0.25) is 0 Å². The first-order chi connectivity index (χ1) is 12.5. The van der Waals surface area contributed by atoms with Gasteiger partial charge in [-0.1, -0.05) is 32.9 Å². The fourth-order valence-corrected chi connectivity index (χ4v) is 2.09. The Labute approximate surface area is 159 Å². The normalized spacial score (nSPS) is 11.9. The average molecular weight is 377 g/mol. The van der Waals surface area contributed by atoms with Crippen molar-refractivity contribution in [3.63, 3.8) is 0 Å². The number of hydrogen-bond acceptors (Lipinski definition) is 5. The summed E-state index contributed by atoms with van der Waals surface area (Å²) < 4.78 is 4.90. The van der Waals surface area contributed by atoms with Gasteiger partial charge in [-0.05, 0) is 37.0 Å². The Kier molecular flexibility index (Phi) is 7.96. The zero-order chi connectivity index (χ0) is 20.6. The van der Waals surface area contributed by atoms with Crippen LogP contribution in [0, 0.1) is 0 Å². The fourth-order valence-electron chi connectivity index (χ4n) is 2.09. The van der Waals surface area contributed by atoms with Gasteiger partial charge in [0.05, 0.1) is 0 Å². The Morgan fingerprint density at radius 3 is 2.15 bits per heavy atom. The minimum absolute atomic E-state index is 0.0243. The van der Waals surface area contributed by atoms with Crippen LogP contribution >= 0.6 is 0 Å². The number of carbonyl (C=O) groups is 4. The van der Waals surface area contributed by atoms with Crippen molar-refractivity contribution in [1.82, 2.24) is 16.0 Å². The van der Waals surface area contributed by atoms with Gasteiger partial charge in [-0.3, -0.25) is 19.7 Å². The highest BCUT2D eigenvalue weighted by Crippen LogP contribution is 2.22. The number of benzene rings is 1. The van der Waals surface area contributed by atoms with E-state index in [-0.39, 0.29) is 5.41 Å². The van der Waals surface area contributed by atoms with Gasteiger partial charge in [-0.25, -0.2) is 4.79 Å². The summed E-state index contributed by atoms with van der Waals surface area (Å²) in [6.45, 7) is 9.21. The molecule has 1 aromatic carbocycles. The molecular formula is C19H27N3O5.